The number of aromatic nitrogens is 1. The zero-order chi connectivity index (χ0) is 28.3. The molecule has 0 aliphatic carbocycles. The molecule has 9 rings (SSSR count). The van der Waals surface area contributed by atoms with Gasteiger partial charge in [0.15, 0.2) is 0 Å². The van der Waals surface area contributed by atoms with Gasteiger partial charge in [0, 0.05) is 44.3 Å². The highest BCUT2D eigenvalue weighted by atomic mass is 16.3. The molecule has 0 unspecified atom stereocenters. The van der Waals surface area contributed by atoms with Gasteiger partial charge in [-0.3, -0.25) is 0 Å². The summed E-state index contributed by atoms with van der Waals surface area (Å²) in [5, 5.41) is 7.06. The average molecular weight is 551 g/mol. The molecule has 0 amide bonds. The molecular formula is C40H26N2O. The smallest absolute Gasteiger partial charge is 0.136 e. The van der Waals surface area contributed by atoms with Crippen molar-refractivity contribution in [3.8, 4) is 5.69 Å². The van der Waals surface area contributed by atoms with E-state index in [1.54, 1.807) is 0 Å². The van der Waals surface area contributed by atoms with Crippen LogP contribution in [-0.2, 0) is 0 Å². The van der Waals surface area contributed by atoms with E-state index >= 15 is 0 Å². The van der Waals surface area contributed by atoms with Crippen LogP contribution in [-0.4, -0.2) is 4.57 Å². The van der Waals surface area contributed by atoms with E-state index in [9.17, 15) is 0 Å². The molecular weight excluding hydrogens is 524 g/mol. The molecule has 0 fully saturated rings. The summed E-state index contributed by atoms with van der Waals surface area (Å²) in [5.74, 6) is 0. The Labute approximate surface area is 248 Å². The minimum atomic E-state index is 0.883. The molecule has 2 heterocycles. The van der Waals surface area contributed by atoms with Crippen LogP contribution >= 0.6 is 0 Å². The van der Waals surface area contributed by atoms with Crippen molar-refractivity contribution in [1.82, 2.24) is 4.57 Å². The van der Waals surface area contributed by atoms with E-state index in [4.69, 9.17) is 4.42 Å². The summed E-state index contributed by atoms with van der Waals surface area (Å²) >= 11 is 0. The second-order valence-corrected chi connectivity index (χ2v) is 11.0. The second-order valence-electron chi connectivity index (χ2n) is 11.0. The topological polar surface area (TPSA) is 21.3 Å². The average Bonchev–Trinajstić information content (AvgIpc) is 3.59. The predicted molar refractivity (Wildman–Crippen MR) is 180 cm³/mol. The van der Waals surface area contributed by atoms with Crippen LogP contribution in [0.2, 0.25) is 0 Å². The lowest BCUT2D eigenvalue weighted by molar-refractivity contribution is 0.669. The van der Waals surface area contributed by atoms with Crippen LogP contribution in [0.1, 0.15) is 0 Å². The summed E-state index contributed by atoms with van der Waals surface area (Å²) in [7, 11) is 0. The summed E-state index contributed by atoms with van der Waals surface area (Å²) in [5.41, 5.74) is 8.59. The molecule has 0 aliphatic rings. The SMILES string of the molecule is c1ccc(N(c2ccc3ccccc3c2)c2ccc3oc4cc5c6ccccc6n(-c6ccccc6)c5cc4c3c2)cc1. The summed E-state index contributed by atoms with van der Waals surface area (Å²) in [4.78, 5) is 2.32. The lowest BCUT2D eigenvalue weighted by atomic mass is 10.1. The minimum absolute atomic E-state index is 0.883. The van der Waals surface area contributed by atoms with Gasteiger partial charge in [0.25, 0.3) is 0 Å². The number of furan rings is 1. The Hall–Kier alpha value is -5.80. The first-order valence-corrected chi connectivity index (χ1v) is 14.6. The molecule has 0 spiro atoms. The Morgan fingerprint density at radius 3 is 1.93 bits per heavy atom. The number of para-hydroxylation sites is 3. The van der Waals surface area contributed by atoms with E-state index in [0.717, 1.165) is 44.7 Å². The third-order valence-corrected chi connectivity index (χ3v) is 8.53. The van der Waals surface area contributed by atoms with Gasteiger partial charge < -0.3 is 13.9 Å². The highest BCUT2D eigenvalue weighted by Gasteiger charge is 2.18. The van der Waals surface area contributed by atoms with E-state index in [2.05, 4.69) is 167 Å². The quantitative estimate of drug-likeness (QED) is 0.217. The molecule has 0 saturated carbocycles. The molecule has 0 atom stereocenters. The van der Waals surface area contributed by atoms with E-state index in [1.165, 1.54) is 32.6 Å². The van der Waals surface area contributed by atoms with Crippen molar-refractivity contribution in [2.24, 2.45) is 0 Å². The summed E-state index contributed by atoms with van der Waals surface area (Å²) < 4.78 is 8.86. The Bertz CT molecular complexity index is 2450. The van der Waals surface area contributed by atoms with Gasteiger partial charge in [0.2, 0.25) is 0 Å². The van der Waals surface area contributed by atoms with E-state index in [1.807, 2.05) is 0 Å². The van der Waals surface area contributed by atoms with Gasteiger partial charge in [0.05, 0.1) is 11.0 Å². The normalized spacial score (nSPS) is 11.7. The van der Waals surface area contributed by atoms with Gasteiger partial charge in [-0.25, -0.2) is 0 Å². The van der Waals surface area contributed by atoms with Crippen LogP contribution in [0.15, 0.2) is 162 Å². The minimum Gasteiger partial charge on any atom is -0.456 e. The third-order valence-electron chi connectivity index (χ3n) is 8.53. The van der Waals surface area contributed by atoms with Crippen molar-refractivity contribution in [3.63, 3.8) is 0 Å². The van der Waals surface area contributed by atoms with Crippen molar-refractivity contribution in [1.29, 1.82) is 0 Å². The van der Waals surface area contributed by atoms with Crippen molar-refractivity contribution < 1.29 is 4.42 Å². The molecule has 0 saturated heterocycles. The summed E-state index contributed by atoms with van der Waals surface area (Å²) in [6.45, 7) is 0. The maximum absolute atomic E-state index is 6.50. The first-order chi connectivity index (χ1) is 21.3. The molecule has 0 radical (unpaired) electrons. The van der Waals surface area contributed by atoms with Crippen LogP contribution < -0.4 is 4.90 Å². The molecule has 0 bridgehead atoms. The first kappa shape index (κ1) is 23.9. The van der Waals surface area contributed by atoms with Crippen molar-refractivity contribution in [2.45, 2.75) is 0 Å². The Morgan fingerprint density at radius 2 is 1.07 bits per heavy atom. The molecule has 9 aromatic rings. The highest BCUT2D eigenvalue weighted by Crippen LogP contribution is 2.42. The Balaban J connectivity index is 1.30. The number of nitrogens with zero attached hydrogens (tertiary/aromatic N) is 2. The largest absolute Gasteiger partial charge is 0.456 e. The molecule has 3 heteroatoms. The summed E-state index contributed by atoms with van der Waals surface area (Å²) in [6, 6.07) is 56.0. The zero-order valence-electron chi connectivity index (χ0n) is 23.3. The number of fused-ring (bicyclic) bond motifs is 7. The van der Waals surface area contributed by atoms with Gasteiger partial charge in [0.1, 0.15) is 11.2 Å². The van der Waals surface area contributed by atoms with Gasteiger partial charge in [-0.05, 0) is 83.6 Å². The summed E-state index contributed by atoms with van der Waals surface area (Å²) in [6.07, 6.45) is 0. The number of hydrogen-bond donors (Lipinski definition) is 0. The number of hydrogen-bond acceptors (Lipinski definition) is 2. The number of anilines is 3. The lowest BCUT2D eigenvalue weighted by Crippen LogP contribution is -2.09. The highest BCUT2D eigenvalue weighted by molar-refractivity contribution is 6.17. The molecule has 43 heavy (non-hydrogen) atoms. The fraction of sp³-hybridized carbons (Fsp3) is 0. The van der Waals surface area contributed by atoms with Gasteiger partial charge in [-0.1, -0.05) is 84.9 Å². The Morgan fingerprint density at radius 1 is 0.395 bits per heavy atom. The predicted octanol–water partition coefficient (Wildman–Crippen LogP) is 11.3. The second kappa shape index (κ2) is 9.37. The van der Waals surface area contributed by atoms with Gasteiger partial charge in [-0.2, -0.15) is 0 Å². The third kappa shape index (κ3) is 3.75. The van der Waals surface area contributed by atoms with Crippen LogP contribution in [0.4, 0.5) is 17.1 Å². The maximum Gasteiger partial charge on any atom is 0.136 e. The standard InChI is InChI=1S/C40H26N2O/c1-3-13-29(14-4-1)41(31-20-19-27-11-7-8-12-28(27)23-31)32-21-22-39-35(24-32)36-25-38-34(26-40(36)43-39)33-17-9-10-18-37(33)42(38)30-15-5-2-6-16-30/h1-26H. The molecule has 0 N–H and O–H groups in total. The maximum atomic E-state index is 6.50. The van der Waals surface area contributed by atoms with Gasteiger partial charge in [-0.15, -0.1) is 0 Å². The van der Waals surface area contributed by atoms with Crippen LogP contribution in [0.5, 0.6) is 0 Å². The molecule has 2 aromatic heterocycles. The van der Waals surface area contributed by atoms with Crippen molar-refractivity contribution in [3.05, 3.63) is 158 Å². The fourth-order valence-electron chi connectivity index (χ4n) is 6.56. The van der Waals surface area contributed by atoms with Crippen LogP contribution in [0.3, 0.4) is 0 Å². The number of benzene rings is 7. The molecule has 0 aliphatic heterocycles. The van der Waals surface area contributed by atoms with Crippen LogP contribution in [0.25, 0.3) is 60.2 Å². The van der Waals surface area contributed by atoms with E-state index < -0.39 is 0 Å². The van der Waals surface area contributed by atoms with Crippen molar-refractivity contribution in [2.75, 3.05) is 4.90 Å². The molecule has 7 aromatic carbocycles. The Kier molecular flexibility index (Phi) is 5.20. The first-order valence-electron chi connectivity index (χ1n) is 14.6. The van der Waals surface area contributed by atoms with E-state index in [-0.39, 0.29) is 0 Å². The molecule has 202 valence electrons. The lowest BCUT2D eigenvalue weighted by Gasteiger charge is -2.25. The van der Waals surface area contributed by atoms with E-state index in [0.29, 0.717) is 0 Å². The molecule has 3 nitrogen and oxygen atoms in total. The fourth-order valence-corrected chi connectivity index (χ4v) is 6.56. The monoisotopic (exact) mass is 550 g/mol. The number of rotatable bonds is 4. The van der Waals surface area contributed by atoms with Crippen molar-refractivity contribution >= 4 is 71.6 Å². The zero-order valence-corrected chi connectivity index (χ0v) is 23.3. The van der Waals surface area contributed by atoms with Gasteiger partial charge >= 0.3 is 0 Å². The van der Waals surface area contributed by atoms with Crippen LogP contribution in [0, 0.1) is 0 Å².